The minimum Gasteiger partial charge on any atom is -0.494 e. The molecule has 0 bridgehead atoms. The monoisotopic (exact) mass is 253 g/mol. The number of ketones is 1. The van der Waals surface area contributed by atoms with Crippen LogP contribution in [0.15, 0.2) is 18.2 Å². The standard InChI is InChI=1S/C14H20FNO2/c1-18-13-9-6-7-11(14(13)15)12(17)8-4-2-3-5-10-16/h6-7,9H,2-5,8,10,16H2,1H3. The molecule has 3 nitrogen and oxygen atoms in total. The highest BCUT2D eigenvalue weighted by Gasteiger charge is 2.14. The second-order valence-electron chi connectivity index (χ2n) is 4.20. The Kier molecular flexibility index (Phi) is 6.36. The number of nitrogens with two attached hydrogens (primary N) is 1. The lowest BCUT2D eigenvalue weighted by Gasteiger charge is -2.06. The number of benzene rings is 1. The maximum absolute atomic E-state index is 13.8. The molecule has 0 amide bonds. The molecule has 0 aliphatic carbocycles. The summed E-state index contributed by atoms with van der Waals surface area (Å²) in [5, 5.41) is 0. The summed E-state index contributed by atoms with van der Waals surface area (Å²) in [7, 11) is 1.39. The maximum Gasteiger partial charge on any atom is 0.175 e. The smallest absolute Gasteiger partial charge is 0.175 e. The third-order valence-electron chi connectivity index (χ3n) is 2.84. The van der Waals surface area contributed by atoms with E-state index >= 15 is 0 Å². The van der Waals surface area contributed by atoms with Crippen LogP contribution in [0, 0.1) is 5.82 Å². The van der Waals surface area contributed by atoms with E-state index in [1.807, 2.05) is 0 Å². The number of carbonyl (C=O) groups excluding carboxylic acids is 1. The van der Waals surface area contributed by atoms with E-state index in [0.717, 1.165) is 25.7 Å². The highest BCUT2D eigenvalue weighted by Crippen LogP contribution is 2.21. The molecule has 0 radical (unpaired) electrons. The van der Waals surface area contributed by atoms with Gasteiger partial charge in [-0.2, -0.15) is 0 Å². The Morgan fingerprint density at radius 1 is 1.28 bits per heavy atom. The molecule has 0 saturated carbocycles. The van der Waals surface area contributed by atoms with Crippen LogP contribution in [0.1, 0.15) is 42.5 Å². The second kappa shape index (κ2) is 7.82. The fourth-order valence-electron chi connectivity index (χ4n) is 1.80. The van der Waals surface area contributed by atoms with Crippen molar-refractivity contribution in [2.45, 2.75) is 32.1 Å². The van der Waals surface area contributed by atoms with Crippen molar-refractivity contribution in [2.75, 3.05) is 13.7 Å². The number of halogens is 1. The molecular weight excluding hydrogens is 233 g/mol. The SMILES string of the molecule is COc1cccc(C(=O)CCCCCCN)c1F. The van der Waals surface area contributed by atoms with Gasteiger partial charge in [0.25, 0.3) is 0 Å². The molecule has 0 atom stereocenters. The lowest BCUT2D eigenvalue weighted by atomic mass is 10.0. The number of ether oxygens (including phenoxy) is 1. The molecule has 100 valence electrons. The summed E-state index contributed by atoms with van der Waals surface area (Å²) in [6.07, 6.45) is 4.09. The van der Waals surface area contributed by atoms with Gasteiger partial charge in [0.15, 0.2) is 17.3 Å². The molecule has 0 fully saturated rings. The summed E-state index contributed by atoms with van der Waals surface area (Å²) in [5.41, 5.74) is 5.50. The van der Waals surface area contributed by atoms with Gasteiger partial charge in [-0.1, -0.05) is 18.9 Å². The Balaban J connectivity index is 2.51. The van der Waals surface area contributed by atoms with Crippen molar-refractivity contribution >= 4 is 5.78 Å². The molecule has 1 aromatic carbocycles. The molecule has 1 aromatic rings. The quantitative estimate of drug-likeness (QED) is 0.572. The highest BCUT2D eigenvalue weighted by atomic mass is 19.1. The fourth-order valence-corrected chi connectivity index (χ4v) is 1.80. The molecule has 0 aromatic heterocycles. The molecule has 0 heterocycles. The van der Waals surface area contributed by atoms with E-state index in [1.54, 1.807) is 6.07 Å². The molecule has 18 heavy (non-hydrogen) atoms. The van der Waals surface area contributed by atoms with Gasteiger partial charge in [-0.25, -0.2) is 4.39 Å². The van der Waals surface area contributed by atoms with Crippen LogP contribution < -0.4 is 10.5 Å². The molecule has 1 rings (SSSR count). The minimum atomic E-state index is -0.563. The molecule has 0 saturated heterocycles. The van der Waals surface area contributed by atoms with E-state index in [1.165, 1.54) is 19.2 Å². The first kappa shape index (κ1) is 14.6. The summed E-state index contributed by atoms with van der Waals surface area (Å²) in [6, 6.07) is 4.64. The van der Waals surface area contributed by atoms with Crippen molar-refractivity contribution in [1.29, 1.82) is 0 Å². The zero-order valence-corrected chi connectivity index (χ0v) is 10.7. The maximum atomic E-state index is 13.8. The zero-order chi connectivity index (χ0) is 13.4. The van der Waals surface area contributed by atoms with Crippen molar-refractivity contribution in [3.05, 3.63) is 29.6 Å². The predicted molar refractivity (Wildman–Crippen MR) is 69.4 cm³/mol. The van der Waals surface area contributed by atoms with Crippen molar-refractivity contribution in [1.82, 2.24) is 0 Å². The van der Waals surface area contributed by atoms with Gasteiger partial charge in [-0.3, -0.25) is 4.79 Å². The Morgan fingerprint density at radius 2 is 2.00 bits per heavy atom. The number of hydrogen-bond donors (Lipinski definition) is 1. The number of unbranched alkanes of at least 4 members (excludes halogenated alkanes) is 3. The van der Waals surface area contributed by atoms with E-state index in [-0.39, 0.29) is 17.1 Å². The van der Waals surface area contributed by atoms with E-state index in [4.69, 9.17) is 10.5 Å². The van der Waals surface area contributed by atoms with Crippen molar-refractivity contribution in [2.24, 2.45) is 5.73 Å². The number of rotatable bonds is 8. The highest BCUT2D eigenvalue weighted by molar-refractivity contribution is 5.96. The first-order valence-electron chi connectivity index (χ1n) is 6.26. The van der Waals surface area contributed by atoms with E-state index in [0.29, 0.717) is 13.0 Å². The van der Waals surface area contributed by atoms with Crippen LogP contribution in [0.25, 0.3) is 0 Å². The Bertz CT molecular complexity index is 393. The van der Waals surface area contributed by atoms with E-state index in [2.05, 4.69) is 0 Å². The lowest BCUT2D eigenvalue weighted by molar-refractivity contribution is 0.0974. The number of Topliss-reactive ketones (excluding diaryl/α,β-unsaturated/α-hetero) is 1. The molecule has 2 N–H and O–H groups in total. The average Bonchev–Trinajstić information content (AvgIpc) is 2.38. The van der Waals surface area contributed by atoms with E-state index < -0.39 is 5.82 Å². The van der Waals surface area contributed by atoms with Gasteiger partial charge < -0.3 is 10.5 Å². The largest absolute Gasteiger partial charge is 0.494 e. The molecular formula is C14H20FNO2. The van der Waals surface area contributed by atoms with Crippen LogP contribution in [-0.2, 0) is 0 Å². The number of carbonyl (C=O) groups is 1. The summed E-state index contributed by atoms with van der Waals surface area (Å²) in [6.45, 7) is 0.679. The average molecular weight is 253 g/mol. The zero-order valence-electron chi connectivity index (χ0n) is 10.7. The third kappa shape index (κ3) is 4.11. The molecule has 0 aliphatic rings. The summed E-state index contributed by atoms with van der Waals surface area (Å²) < 4.78 is 18.6. The second-order valence-corrected chi connectivity index (χ2v) is 4.20. The molecule has 0 spiro atoms. The molecule has 0 aliphatic heterocycles. The van der Waals surface area contributed by atoms with Crippen molar-refractivity contribution in [3.8, 4) is 5.75 Å². The van der Waals surface area contributed by atoms with Crippen LogP contribution in [0.5, 0.6) is 5.75 Å². The van der Waals surface area contributed by atoms with E-state index in [9.17, 15) is 9.18 Å². The first-order chi connectivity index (χ1) is 8.70. The fraction of sp³-hybridized carbons (Fsp3) is 0.500. The Hall–Kier alpha value is -1.42. The van der Waals surface area contributed by atoms with Crippen LogP contribution in [0.3, 0.4) is 0 Å². The lowest BCUT2D eigenvalue weighted by Crippen LogP contribution is -2.04. The molecule has 4 heteroatoms. The Labute approximate surface area is 107 Å². The topological polar surface area (TPSA) is 52.3 Å². The first-order valence-corrected chi connectivity index (χ1v) is 6.26. The summed E-state index contributed by atoms with van der Waals surface area (Å²) >= 11 is 0. The number of hydrogen-bond acceptors (Lipinski definition) is 3. The van der Waals surface area contributed by atoms with Gasteiger partial charge in [0.2, 0.25) is 0 Å². The summed E-state index contributed by atoms with van der Waals surface area (Å²) in [4.78, 5) is 11.8. The van der Waals surface area contributed by atoms with Gasteiger partial charge in [0, 0.05) is 6.42 Å². The van der Waals surface area contributed by atoms with Crippen molar-refractivity contribution < 1.29 is 13.9 Å². The Morgan fingerprint density at radius 3 is 2.67 bits per heavy atom. The van der Waals surface area contributed by atoms with Gasteiger partial charge >= 0.3 is 0 Å². The minimum absolute atomic E-state index is 0.115. The third-order valence-corrected chi connectivity index (χ3v) is 2.84. The van der Waals surface area contributed by atoms with Crippen LogP contribution in [0.2, 0.25) is 0 Å². The van der Waals surface area contributed by atoms with Gasteiger partial charge in [-0.05, 0) is 31.5 Å². The van der Waals surface area contributed by atoms with Gasteiger partial charge in [0.05, 0.1) is 12.7 Å². The summed E-state index contributed by atoms with van der Waals surface area (Å²) in [5.74, 6) is -0.616. The molecule has 0 unspecified atom stereocenters. The number of methoxy groups -OCH3 is 1. The normalized spacial score (nSPS) is 10.4. The van der Waals surface area contributed by atoms with Crippen LogP contribution in [-0.4, -0.2) is 19.4 Å². The van der Waals surface area contributed by atoms with Crippen LogP contribution in [0.4, 0.5) is 4.39 Å². The van der Waals surface area contributed by atoms with Gasteiger partial charge in [-0.15, -0.1) is 0 Å². The van der Waals surface area contributed by atoms with Gasteiger partial charge in [0.1, 0.15) is 0 Å². The van der Waals surface area contributed by atoms with Crippen molar-refractivity contribution in [3.63, 3.8) is 0 Å². The van der Waals surface area contributed by atoms with Crippen LogP contribution >= 0.6 is 0 Å². The predicted octanol–water partition coefficient (Wildman–Crippen LogP) is 2.93.